The fourth-order valence-electron chi connectivity index (χ4n) is 2.90. The lowest BCUT2D eigenvalue weighted by Crippen LogP contribution is -2.48. The summed E-state index contributed by atoms with van der Waals surface area (Å²) in [6.45, 7) is 1.79. The van der Waals surface area contributed by atoms with Crippen molar-refractivity contribution in [1.29, 1.82) is 5.26 Å². The number of amides is 4. The van der Waals surface area contributed by atoms with Crippen LogP contribution in [0.4, 0.5) is 4.79 Å². The fraction of sp³-hybridized carbons (Fsp3) is 0.158. The van der Waals surface area contributed by atoms with E-state index in [1.54, 1.807) is 31.2 Å². The Morgan fingerprint density at radius 3 is 2.38 bits per heavy atom. The molecule has 2 aromatic rings. The monoisotopic (exact) mass is 348 g/mol. The number of urea groups is 1. The molecule has 1 atom stereocenters. The van der Waals surface area contributed by atoms with Crippen LogP contribution in [0.3, 0.4) is 0 Å². The summed E-state index contributed by atoms with van der Waals surface area (Å²) in [5.41, 5.74) is 2.42. The average Bonchev–Trinajstić information content (AvgIpc) is 2.93. The first-order chi connectivity index (χ1) is 12.5. The summed E-state index contributed by atoms with van der Waals surface area (Å²) in [5.74, 6) is -1.16. The summed E-state index contributed by atoms with van der Waals surface area (Å²) in [5, 5.41) is 12.2. The molecule has 1 fully saturated rings. The molecule has 0 aromatic heterocycles. The Hall–Kier alpha value is -3.66. The van der Waals surface area contributed by atoms with Gasteiger partial charge in [-0.05, 0) is 36.2 Å². The fourth-order valence-corrected chi connectivity index (χ4v) is 2.90. The number of rotatable bonds is 4. The number of hydrogen-bond acceptors (Lipinski definition) is 4. The van der Waals surface area contributed by atoms with Gasteiger partial charge in [0.15, 0.2) is 0 Å². The van der Waals surface area contributed by atoms with Crippen LogP contribution in [0.15, 0.2) is 54.6 Å². The van der Waals surface area contributed by atoms with Crippen LogP contribution in [0, 0.1) is 11.3 Å². The van der Waals surface area contributed by atoms with E-state index in [1.807, 2.05) is 12.1 Å². The van der Waals surface area contributed by atoms with Crippen molar-refractivity contribution in [3.63, 3.8) is 0 Å². The number of nitriles is 1. The Bertz CT molecular complexity index is 903. The molecular formula is C19H16N4O3. The van der Waals surface area contributed by atoms with Crippen molar-refractivity contribution in [2.75, 3.05) is 0 Å². The molecule has 2 aromatic carbocycles. The van der Waals surface area contributed by atoms with Gasteiger partial charge >= 0.3 is 6.03 Å². The maximum Gasteiger partial charge on any atom is 0.344 e. The molecule has 0 unspecified atom stereocenters. The van der Waals surface area contributed by atoms with E-state index in [1.165, 1.54) is 24.3 Å². The van der Waals surface area contributed by atoms with Crippen LogP contribution < -0.4 is 10.7 Å². The first-order valence-corrected chi connectivity index (χ1v) is 8.05. The van der Waals surface area contributed by atoms with Crippen LogP contribution in [0.5, 0.6) is 0 Å². The first kappa shape index (κ1) is 17.2. The normalized spacial score (nSPS) is 19.0. The predicted molar refractivity (Wildman–Crippen MR) is 92.4 cm³/mol. The van der Waals surface area contributed by atoms with Crippen molar-refractivity contribution in [3.8, 4) is 6.07 Å². The molecule has 7 nitrogen and oxygen atoms in total. The van der Waals surface area contributed by atoms with Crippen LogP contribution in [0.1, 0.15) is 34.8 Å². The van der Waals surface area contributed by atoms with Crippen molar-refractivity contribution in [2.45, 2.75) is 18.9 Å². The van der Waals surface area contributed by atoms with Gasteiger partial charge in [0.1, 0.15) is 5.54 Å². The lowest BCUT2D eigenvalue weighted by molar-refractivity contribution is -0.133. The van der Waals surface area contributed by atoms with Crippen LogP contribution >= 0.6 is 0 Å². The lowest BCUT2D eigenvalue weighted by atomic mass is 9.87. The van der Waals surface area contributed by atoms with E-state index in [4.69, 9.17) is 5.26 Å². The maximum atomic E-state index is 12.9. The van der Waals surface area contributed by atoms with E-state index >= 15 is 0 Å². The van der Waals surface area contributed by atoms with Crippen LogP contribution in [0.2, 0.25) is 0 Å². The summed E-state index contributed by atoms with van der Waals surface area (Å²) in [6.07, 6.45) is 0.338. The molecule has 4 amide bonds. The summed E-state index contributed by atoms with van der Waals surface area (Å²) in [6, 6.07) is 16.0. The van der Waals surface area contributed by atoms with Gasteiger partial charge in [-0.2, -0.15) is 10.3 Å². The quantitative estimate of drug-likeness (QED) is 0.826. The van der Waals surface area contributed by atoms with Gasteiger partial charge in [-0.3, -0.25) is 15.0 Å². The van der Waals surface area contributed by atoms with Crippen molar-refractivity contribution in [1.82, 2.24) is 15.8 Å². The molecule has 0 aliphatic carbocycles. The molecule has 3 rings (SSSR count). The lowest BCUT2D eigenvalue weighted by Gasteiger charge is -2.25. The molecule has 0 saturated carbocycles. The molecule has 0 spiro atoms. The van der Waals surface area contributed by atoms with Crippen molar-refractivity contribution < 1.29 is 14.4 Å². The standard InChI is InChI=1S/C19H16N4O3/c1-2-19(15-6-4-3-5-7-15)17(25)23(18(26)21-19)22-16(24)14-10-8-13(12-20)9-11-14/h3-11H,2H2,1H3,(H,21,26)(H,22,24)/t19-/m1/s1. The largest absolute Gasteiger partial charge is 0.344 e. The molecule has 130 valence electrons. The highest BCUT2D eigenvalue weighted by molar-refractivity contribution is 6.09. The van der Waals surface area contributed by atoms with E-state index in [0.29, 0.717) is 22.6 Å². The molecule has 0 bridgehead atoms. The second-order valence-corrected chi connectivity index (χ2v) is 5.83. The number of benzene rings is 2. The highest BCUT2D eigenvalue weighted by Crippen LogP contribution is 2.31. The Kier molecular flexibility index (Phi) is 4.42. The summed E-state index contributed by atoms with van der Waals surface area (Å²) < 4.78 is 0. The molecule has 1 heterocycles. The van der Waals surface area contributed by atoms with Gasteiger partial charge in [0.05, 0.1) is 11.6 Å². The average molecular weight is 348 g/mol. The van der Waals surface area contributed by atoms with Gasteiger partial charge in [-0.25, -0.2) is 4.79 Å². The Morgan fingerprint density at radius 2 is 1.81 bits per heavy atom. The number of carbonyl (C=O) groups excluding carboxylic acids is 3. The van der Waals surface area contributed by atoms with Crippen LogP contribution in [-0.4, -0.2) is 22.9 Å². The number of nitrogens with one attached hydrogen (secondary N) is 2. The highest BCUT2D eigenvalue weighted by Gasteiger charge is 2.52. The summed E-state index contributed by atoms with van der Waals surface area (Å²) in [7, 11) is 0. The highest BCUT2D eigenvalue weighted by atomic mass is 16.2. The molecule has 1 aliphatic heterocycles. The summed E-state index contributed by atoms with van der Waals surface area (Å²) >= 11 is 0. The van der Waals surface area contributed by atoms with E-state index in [0.717, 1.165) is 0 Å². The predicted octanol–water partition coefficient (Wildman–Crippen LogP) is 2.06. The minimum absolute atomic E-state index is 0.235. The van der Waals surface area contributed by atoms with Crippen LogP contribution in [0.25, 0.3) is 0 Å². The molecule has 26 heavy (non-hydrogen) atoms. The zero-order valence-corrected chi connectivity index (χ0v) is 14.0. The number of nitrogens with zero attached hydrogens (tertiary/aromatic N) is 2. The molecule has 2 N–H and O–H groups in total. The Labute approximate surface area is 150 Å². The summed E-state index contributed by atoms with van der Waals surface area (Å²) in [4.78, 5) is 37.6. The van der Waals surface area contributed by atoms with Gasteiger partial charge in [0, 0.05) is 5.56 Å². The van der Waals surface area contributed by atoms with E-state index in [2.05, 4.69) is 10.7 Å². The molecule has 7 heteroatoms. The Morgan fingerprint density at radius 1 is 1.15 bits per heavy atom. The molecular weight excluding hydrogens is 332 g/mol. The van der Waals surface area contributed by atoms with Crippen molar-refractivity contribution in [3.05, 3.63) is 71.3 Å². The SMILES string of the molecule is CC[C@]1(c2ccccc2)NC(=O)N(NC(=O)c2ccc(C#N)cc2)C1=O. The molecule has 1 saturated heterocycles. The zero-order valence-electron chi connectivity index (χ0n) is 14.0. The van der Waals surface area contributed by atoms with Gasteiger partial charge in [-0.1, -0.05) is 37.3 Å². The van der Waals surface area contributed by atoms with Gasteiger partial charge < -0.3 is 5.32 Å². The van der Waals surface area contributed by atoms with Gasteiger partial charge in [0.2, 0.25) is 0 Å². The number of hydrogen-bond donors (Lipinski definition) is 2. The second-order valence-electron chi connectivity index (χ2n) is 5.83. The van der Waals surface area contributed by atoms with E-state index < -0.39 is 23.4 Å². The number of hydrazine groups is 1. The maximum absolute atomic E-state index is 12.9. The van der Waals surface area contributed by atoms with Gasteiger partial charge in [-0.15, -0.1) is 0 Å². The zero-order chi connectivity index (χ0) is 18.7. The van der Waals surface area contributed by atoms with Crippen molar-refractivity contribution in [2.24, 2.45) is 0 Å². The third-order valence-corrected chi connectivity index (χ3v) is 4.38. The third kappa shape index (κ3) is 2.78. The molecule has 0 radical (unpaired) electrons. The molecule has 1 aliphatic rings. The van der Waals surface area contributed by atoms with Crippen LogP contribution in [-0.2, 0) is 10.3 Å². The first-order valence-electron chi connectivity index (χ1n) is 8.05. The number of carbonyl (C=O) groups is 3. The topological polar surface area (TPSA) is 102 Å². The van der Waals surface area contributed by atoms with E-state index in [-0.39, 0.29) is 5.56 Å². The smallest absolute Gasteiger partial charge is 0.318 e. The third-order valence-electron chi connectivity index (χ3n) is 4.38. The minimum atomic E-state index is -1.21. The second kappa shape index (κ2) is 6.69. The Balaban J connectivity index is 1.85. The van der Waals surface area contributed by atoms with Gasteiger partial charge in [0.25, 0.3) is 11.8 Å². The van der Waals surface area contributed by atoms with Crippen molar-refractivity contribution >= 4 is 17.8 Å². The number of imide groups is 1. The van der Waals surface area contributed by atoms with E-state index in [9.17, 15) is 14.4 Å². The minimum Gasteiger partial charge on any atom is -0.318 e.